The predicted molar refractivity (Wildman–Crippen MR) is 139 cm³/mol. The van der Waals surface area contributed by atoms with Crippen LogP contribution in [0.1, 0.15) is 36.4 Å². The summed E-state index contributed by atoms with van der Waals surface area (Å²) in [5.74, 6) is -1.77. The van der Waals surface area contributed by atoms with Crippen molar-refractivity contribution in [1.29, 1.82) is 0 Å². The number of amides is 2. The lowest BCUT2D eigenvalue weighted by molar-refractivity contribution is -0.150. The van der Waals surface area contributed by atoms with Gasteiger partial charge >= 0.3 is 5.97 Å². The zero-order valence-corrected chi connectivity index (χ0v) is 21.0. The van der Waals surface area contributed by atoms with E-state index in [0.717, 1.165) is 11.1 Å². The summed E-state index contributed by atoms with van der Waals surface area (Å²) in [6, 6.07) is 18.6. The van der Waals surface area contributed by atoms with Crippen LogP contribution in [0.2, 0.25) is 0 Å². The van der Waals surface area contributed by atoms with E-state index in [-0.39, 0.29) is 56.5 Å². The van der Waals surface area contributed by atoms with Gasteiger partial charge < -0.3 is 25.2 Å². The summed E-state index contributed by atoms with van der Waals surface area (Å²) in [4.78, 5) is 38.8. The van der Waals surface area contributed by atoms with E-state index in [1.54, 1.807) is 0 Å². The van der Waals surface area contributed by atoms with Gasteiger partial charge in [0.1, 0.15) is 6.61 Å². The van der Waals surface area contributed by atoms with Crippen molar-refractivity contribution in [3.05, 3.63) is 83.9 Å². The van der Waals surface area contributed by atoms with Crippen LogP contribution >= 0.6 is 0 Å². The Morgan fingerprint density at radius 2 is 1.65 bits per heavy atom. The van der Waals surface area contributed by atoms with Crippen LogP contribution in [0.15, 0.2) is 72.8 Å². The van der Waals surface area contributed by atoms with Crippen LogP contribution in [0.3, 0.4) is 0 Å². The molecule has 1 aliphatic heterocycles. The van der Waals surface area contributed by atoms with Gasteiger partial charge in [-0.05, 0) is 30.4 Å². The standard InChI is InChI=1S/C29H36N2O6/c32-16-18-36-17-15-30-27(33)20-24-13-7-8-14-25(19-22-9-3-1-4-10-22)29(35)37-21-26(31-28(24)34)23-11-5-2-6-12-23/h1-12,24-26,32H,13-21H2,(H,30,33)(H,31,34)/t24-,25-,26+/m1/s1. The average molecular weight is 509 g/mol. The molecule has 0 fully saturated rings. The summed E-state index contributed by atoms with van der Waals surface area (Å²) in [5, 5.41) is 14.5. The Bertz CT molecular complexity index is 1010. The van der Waals surface area contributed by atoms with Gasteiger partial charge in [-0.25, -0.2) is 0 Å². The maximum absolute atomic E-state index is 13.2. The highest BCUT2D eigenvalue weighted by Crippen LogP contribution is 2.21. The second-order valence-corrected chi connectivity index (χ2v) is 9.02. The van der Waals surface area contributed by atoms with E-state index < -0.39 is 12.0 Å². The van der Waals surface area contributed by atoms with E-state index in [9.17, 15) is 14.4 Å². The molecule has 2 aromatic carbocycles. The topological polar surface area (TPSA) is 114 Å². The molecule has 0 bridgehead atoms. The molecule has 0 saturated carbocycles. The highest BCUT2D eigenvalue weighted by atomic mass is 16.5. The molecule has 0 saturated heterocycles. The molecule has 2 amide bonds. The number of aliphatic hydroxyl groups excluding tert-OH is 1. The normalized spacial score (nSPS) is 20.7. The summed E-state index contributed by atoms with van der Waals surface area (Å²) < 4.78 is 10.9. The van der Waals surface area contributed by atoms with E-state index in [4.69, 9.17) is 14.6 Å². The minimum Gasteiger partial charge on any atom is -0.463 e. The Morgan fingerprint density at radius 1 is 0.973 bits per heavy atom. The Hall–Kier alpha value is -3.49. The molecule has 1 heterocycles. The first-order valence-corrected chi connectivity index (χ1v) is 12.7. The van der Waals surface area contributed by atoms with Crippen LogP contribution in [0.4, 0.5) is 0 Å². The number of aliphatic hydroxyl groups is 1. The van der Waals surface area contributed by atoms with E-state index in [1.165, 1.54) is 0 Å². The van der Waals surface area contributed by atoms with Crippen molar-refractivity contribution in [2.24, 2.45) is 11.8 Å². The highest BCUT2D eigenvalue weighted by molar-refractivity contribution is 5.86. The maximum Gasteiger partial charge on any atom is 0.309 e. The number of carbonyl (C=O) groups excluding carboxylic acids is 3. The number of benzene rings is 2. The number of ether oxygens (including phenoxy) is 2. The number of nitrogens with one attached hydrogen (secondary N) is 2. The van der Waals surface area contributed by atoms with Gasteiger partial charge in [0, 0.05) is 13.0 Å². The van der Waals surface area contributed by atoms with Crippen molar-refractivity contribution in [1.82, 2.24) is 10.6 Å². The molecule has 8 nitrogen and oxygen atoms in total. The Kier molecular flexibility index (Phi) is 11.8. The summed E-state index contributed by atoms with van der Waals surface area (Å²) in [5.41, 5.74) is 1.87. The van der Waals surface area contributed by atoms with Crippen LogP contribution in [0.5, 0.6) is 0 Å². The van der Waals surface area contributed by atoms with Gasteiger partial charge in [-0.15, -0.1) is 0 Å². The van der Waals surface area contributed by atoms with Crippen LogP contribution in [-0.2, 0) is 30.3 Å². The molecule has 0 spiro atoms. The van der Waals surface area contributed by atoms with Crippen molar-refractivity contribution in [2.75, 3.05) is 33.0 Å². The Morgan fingerprint density at radius 3 is 2.35 bits per heavy atom. The third kappa shape index (κ3) is 9.82. The molecule has 8 heteroatoms. The van der Waals surface area contributed by atoms with Crippen LogP contribution in [-0.4, -0.2) is 55.9 Å². The minimum atomic E-state index is -0.580. The van der Waals surface area contributed by atoms with E-state index in [2.05, 4.69) is 10.6 Å². The second-order valence-electron chi connectivity index (χ2n) is 9.02. The first-order valence-electron chi connectivity index (χ1n) is 12.7. The monoisotopic (exact) mass is 508 g/mol. The average Bonchev–Trinajstić information content (AvgIpc) is 2.92. The third-order valence-electron chi connectivity index (χ3n) is 6.18. The Balaban J connectivity index is 1.73. The van der Waals surface area contributed by atoms with Gasteiger partial charge in [0.15, 0.2) is 0 Å². The molecule has 37 heavy (non-hydrogen) atoms. The van der Waals surface area contributed by atoms with Crippen LogP contribution < -0.4 is 10.6 Å². The highest BCUT2D eigenvalue weighted by Gasteiger charge is 2.27. The number of esters is 1. The number of rotatable bonds is 10. The zero-order valence-electron chi connectivity index (χ0n) is 21.0. The molecule has 3 N–H and O–H groups in total. The van der Waals surface area contributed by atoms with Gasteiger partial charge in [-0.2, -0.15) is 0 Å². The van der Waals surface area contributed by atoms with E-state index >= 15 is 0 Å². The van der Waals surface area contributed by atoms with Crippen molar-refractivity contribution < 1.29 is 29.0 Å². The molecule has 0 aliphatic carbocycles. The molecular formula is C29H36N2O6. The molecule has 0 radical (unpaired) electrons. The van der Waals surface area contributed by atoms with Gasteiger partial charge in [0.05, 0.1) is 37.7 Å². The van der Waals surface area contributed by atoms with Gasteiger partial charge in [0.25, 0.3) is 0 Å². The SMILES string of the molecule is O=C(C[C@H]1CC=CC[C@H](Cc2ccccc2)C(=O)OC[C@@H](c2ccccc2)NC1=O)NCCOCCO. The van der Waals surface area contributed by atoms with Crippen LogP contribution in [0.25, 0.3) is 0 Å². The molecule has 2 aromatic rings. The quantitative estimate of drug-likeness (QED) is 0.258. The summed E-state index contributed by atoms with van der Waals surface area (Å²) in [6.07, 6.45) is 5.18. The molecule has 3 atom stereocenters. The first kappa shape index (κ1) is 28.1. The fourth-order valence-electron chi connectivity index (χ4n) is 4.17. The van der Waals surface area contributed by atoms with Gasteiger partial charge in [0.2, 0.25) is 11.8 Å². The number of carbonyl (C=O) groups is 3. The zero-order chi connectivity index (χ0) is 26.3. The molecule has 0 unspecified atom stereocenters. The van der Waals surface area contributed by atoms with Crippen molar-refractivity contribution >= 4 is 17.8 Å². The molecule has 0 aromatic heterocycles. The molecular weight excluding hydrogens is 472 g/mol. The smallest absolute Gasteiger partial charge is 0.309 e. The molecule has 1 aliphatic rings. The largest absolute Gasteiger partial charge is 0.463 e. The number of hydrogen-bond acceptors (Lipinski definition) is 6. The van der Waals surface area contributed by atoms with Crippen molar-refractivity contribution in [3.63, 3.8) is 0 Å². The van der Waals surface area contributed by atoms with Crippen LogP contribution in [0, 0.1) is 11.8 Å². The summed E-state index contributed by atoms with van der Waals surface area (Å²) >= 11 is 0. The number of hydrogen-bond donors (Lipinski definition) is 3. The lowest BCUT2D eigenvalue weighted by Crippen LogP contribution is -2.39. The third-order valence-corrected chi connectivity index (χ3v) is 6.18. The maximum atomic E-state index is 13.2. The van der Waals surface area contributed by atoms with Crippen molar-refractivity contribution in [3.8, 4) is 0 Å². The van der Waals surface area contributed by atoms with E-state index in [1.807, 2.05) is 72.8 Å². The predicted octanol–water partition coefficient (Wildman–Crippen LogP) is 2.73. The van der Waals surface area contributed by atoms with Crippen molar-refractivity contribution in [2.45, 2.75) is 31.7 Å². The summed E-state index contributed by atoms with van der Waals surface area (Å²) in [7, 11) is 0. The van der Waals surface area contributed by atoms with Gasteiger partial charge in [-0.3, -0.25) is 14.4 Å². The summed E-state index contributed by atoms with van der Waals surface area (Å²) in [6.45, 7) is 0.722. The molecule has 198 valence electrons. The fourth-order valence-corrected chi connectivity index (χ4v) is 4.17. The lowest BCUT2D eigenvalue weighted by atomic mass is 9.94. The lowest BCUT2D eigenvalue weighted by Gasteiger charge is -2.24. The number of allylic oxidation sites excluding steroid dienone is 2. The Labute approximate surface area is 218 Å². The minimum absolute atomic E-state index is 0.00467. The van der Waals surface area contributed by atoms with E-state index in [0.29, 0.717) is 25.8 Å². The van der Waals surface area contributed by atoms with Gasteiger partial charge in [-0.1, -0.05) is 72.8 Å². The fraction of sp³-hybridized carbons (Fsp3) is 0.414. The number of cyclic esters (lactones) is 1. The molecule has 3 rings (SSSR count). The second kappa shape index (κ2) is 15.6. The first-order chi connectivity index (χ1) is 18.1.